The van der Waals surface area contributed by atoms with Gasteiger partial charge < -0.3 is 20.9 Å². The van der Waals surface area contributed by atoms with Crippen molar-refractivity contribution in [2.45, 2.75) is 19.3 Å². The Hall–Kier alpha value is -1.75. The average molecular weight is 290 g/mol. The van der Waals surface area contributed by atoms with Crippen LogP contribution in [0.2, 0.25) is 0 Å². The van der Waals surface area contributed by atoms with Gasteiger partial charge in [-0.05, 0) is 44.1 Å². The van der Waals surface area contributed by atoms with Crippen molar-refractivity contribution in [2.24, 2.45) is 0 Å². The molecule has 0 saturated carbocycles. The van der Waals surface area contributed by atoms with Crippen LogP contribution in [0.4, 0.5) is 11.4 Å². The van der Waals surface area contributed by atoms with Gasteiger partial charge in [0.2, 0.25) is 0 Å². The number of nitrogens with zero attached hydrogens (tertiary/aromatic N) is 2. The predicted molar refractivity (Wildman–Crippen MR) is 87.8 cm³/mol. The summed E-state index contributed by atoms with van der Waals surface area (Å²) in [4.78, 5) is 16.5. The molecule has 0 radical (unpaired) electrons. The summed E-state index contributed by atoms with van der Waals surface area (Å²) in [6.07, 6.45) is 3.88. The summed E-state index contributed by atoms with van der Waals surface area (Å²) in [7, 11) is 3.87. The molecular weight excluding hydrogens is 264 g/mol. The number of benzene rings is 1. The number of amides is 1. The van der Waals surface area contributed by atoms with Gasteiger partial charge in [-0.25, -0.2) is 0 Å². The Morgan fingerprint density at radius 1 is 1.29 bits per heavy atom. The Kier molecular flexibility index (Phi) is 5.44. The SMILES string of the molecule is CN(C)c1ccc(C(=O)NCCN2CCCCC2)cc1N. The second-order valence-corrected chi connectivity index (χ2v) is 5.83. The van der Waals surface area contributed by atoms with Crippen molar-refractivity contribution < 1.29 is 4.79 Å². The number of carbonyl (C=O) groups excluding carboxylic acids is 1. The van der Waals surface area contributed by atoms with Gasteiger partial charge in [0.15, 0.2) is 0 Å². The van der Waals surface area contributed by atoms with Crippen molar-refractivity contribution in [3.63, 3.8) is 0 Å². The van der Waals surface area contributed by atoms with Gasteiger partial charge in [-0.15, -0.1) is 0 Å². The lowest BCUT2D eigenvalue weighted by atomic mass is 10.1. The Morgan fingerprint density at radius 2 is 2.00 bits per heavy atom. The van der Waals surface area contributed by atoms with E-state index in [0.717, 1.165) is 25.3 Å². The fraction of sp³-hybridized carbons (Fsp3) is 0.562. The van der Waals surface area contributed by atoms with E-state index in [-0.39, 0.29) is 5.91 Å². The molecule has 1 aromatic carbocycles. The van der Waals surface area contributed by atoms with E-state index in [9.17, 15) is 4.79 Å². The van der Waals surface area contributed by atoms with Gasteiger partial charge in [-0.1, -0.05) is 6.42 Å². The minimum Gasteiger partial charge on any atom is -0.397 e. The highest BCUT2D eigenvalue weighted by atomic mass is 16.1. The zero-order chi connectivity index (χ0) is 15.2. The first-order valence-corrected chi connectivity index (χ1v) is 7.65. The van der Waals surface area contributed by atoms with Crippen molar-refractivity contribution in [3.8, 4) is 0 Å². The summed E-state index contributed by atoms with van der Waals surface area (Å²) in [5.74, 6) is -0.0518. The third-order valence-corrected chi connectivity index (χ3v) is 3.93. The first kappa shape index (κ1) is 15.6. The van der Waals surface area contributed by atoms with Gasteiger partial charge in [0, 0.05) is 32.7 Å². The van der Waals surface area contributed by atoms with Crippen LogP contribution in [0.25, 0.3) is 0 Å². The van der Waals surface area contributed by atoms with E-state index in [1.165, 1.54) is 19.3 Å². The maximum absolute atomic E-state index is 12.1. The number of hydrogen-bond acceptors (Lipinski definition) is 4. The summed E-state index contributed by atoms with van der Waals surface area (Å²) in [5, 5.41) is 2.97. The van der Waals surface area contributed by atoms with Gasteiger partial charge in [0.1, 0.15) is 0 Å². The third-order valence-electron chi connectivity index (χ3n) is 3.93. The monoisotopic (exact) mass is 290 g/mol. The van der Waals surface area contributed by atoms with Crippen molar-refractivity contribution in [2.75, 3.05) is 50.9 Å². The maximum atomic E-state index is 12.1. The molecule has 0 atom stereocenters. The molecule has 1 amide bonds. The lowest BCUT2D eigenvalue weighted by molar-refractivity contribution is 0.0946. The first-order valence-electron chi connectivity index (χ1n) is 7.65. The fourth-order valence-electron chi connectivity index (χ4n) is 2.72. The number of nitrogen functional groups attached to an aromatic ring is 1. The summed E-state index contributed by atoms with van der Waals surface area (Å²) in [5.41, 5.74) is 8.16. The molecule has 0 unspecified atom stereocenters. The zero-order valence-electron chi connectivity index (χ0n) is 13.1. The second kappa shape index (κ2) is 7.31. The molecule has 3 N–H and O–H groups in total. The largest absolute Gasteiger partial charge is 0.397 e. The van der Waals surface area contributed by atoms with Crippen molar-refractivity contribution in [1.82, 2.24) is 10.2 Å². The summed E-state index contributed by atoms with van der Waals surface area (Å²) in [6, 6.07) is 5.45. The number of nitrogens with one attached hydrogen (secondary N) is 1. The molecule has 1 heterocycles. The summed E-state index contributed by atoms with van der Waals surface area (Å²) < 4.78 is 0. The number of nitrogens with two attached hydrogens (primary N) is 1. The molecular formula is C16H26N4O. The molecule has 1 fully saturated rings. The number of rotatable bonds is 5. The minimum atomic E-state index is -0.0518. The van der Waals surface area contributed by atoms with Gasteiger partial charge in [0.05, 0.1) is 11.4 Å². The quantitative estimate of drug-likeness (QED) is 0.808. The molecule has 1 aliphatic rings. The highest BCUT2D eigenvalue weighted by molar-refractivity contribution is 5.96. The molecule has 0 spiro atoms. The van der Waals surface area contributed by atoms with Crippen LogP contribution < -0.4 is 16.0 Å². The van der Waals surface area contributed by atoms with E-state index in [2.05, 4.69) is 10.2 Å². The summed E-state index contributed by atoms with van der Waals surface area (Å²) >= 11 is 0. The molecule has 5 nitrogen and oxygen atoms in total. The number of hydrogen-bond donors (Lipinski definition) is 2. The van der Waals surface area contributed by atoms with Crippen LogP contribution in [0.15, 0.2) is 18.2 Å². The highest BCUT2D eigenvalue weighted by Crippen LogP contribution is 2.22. The van der Waals surface area contributed by atoms with Crippen LogP contribution in [0.5, 0.6) is 0 Å². The Labute approximate surface area is 127 Å². The number of piperidine rings is 1. The molecule has 5 heteroatoms. The average Bonchev–Trinajstić information content (AvgIpc) is 2.47. The van der Waals surface area contributed by atoms with E-state index in [0.29, 0.717) is 17.8 Å². The highest BCUT2D eigenvalue weighted by Gasteiger charge is 2.11. The molecule has 116 valence electrons. The van der Waals surface area contributed by atoms with Gasteiger partial charge >= 0.3 is 0 Å². The number of carbonyl (C=O) groups is 1. The molecule has 2 rings (SSSR count). The normalized spacial score (nSPS) is 15.7. The molecule has 1 saturated heterocycles. The topological polar surface area (TPSA) is 61.6 Å². The first-order chi connectivity index (χ1) is 10.1. The van der Waals surface area contributed by atoms with Crippen LogP contribution in [0.1, 0.15) is 29.6 Å². The lowest BCUT2D eigenvalue weighted by Gasteiger charge is -2.26. The molecule has 1 aromatic rings. The molecule has 0 aliphatic carbocycles. The fourth-order valence-corrected chi connectivity index (χ4v) is 2.72. The van der Waals surface area contributed by atoms with Crippen LogP contribution >= 0.6 is 0 Å². The number of likely N-dealkylation sites (tertiary alicyclic amines) is 1. The lowest BCUT2D eigenvalue weighted by Crippen LogP contribution is -2.37. The van der Waals surface area contributed by atoms with Crippen molar-refractivity contribution in [1.29, 1.82) is 0 Å². The minimum absolute atomic E-state index is 0.0518. The van der Waals surface area contributed by atoms with E-state index >= 15 is 0 Å². The Bertz CT molecular complexity index is 481. The van der Waals surface area contributed by atoms with Crippen LogP contribution in [-0.4, -0.2) is 51.1 Å². The second-order valence-electron chi connectivity index (χ2n) is 5.83. The number of anilines is 2. The van der Waals surface area contributed by atoms with E-state index in [1.54, 1.807) is 6.07 Å². The third kappa shape index (κ3) is 4.36. The standard InChI is InChI=1S/C16H26N4O/c1-19(2)15-7-6-13(12-14(15)17)16(21)18-8-11-20-9-4-3-5-10-20/h6-7,12H,3-5,8-11,17H2,1-2H3,(H,18,21). The van der Waals surface area contributed by atoms with E-state index in [4.69, 9.17) is 5.73 Å². The molecule has 0 bridgehead atoms. The van der Waals surface area contributed by atoms with Crippen molar-refractivity contribution in [3.05, 3.63) is 23.8 Å². The molecule has 1 aliphatic heterocycles. The smallest absolute Gasteiger partial charge is 0.251 e. The van der Waals surface area contributed by atoms with Crippen LogP contribution in [0.3, 0.4) is 0 Å². The van der Waals surface area contributed by atoms with Gasteiger partial charge in [-0.2, -0.15) is 0 Å². The van der Waals surface area contributed by atoms with E-state index < -0.39 is 0 Å². The van der Waals surface area contributed by atoms with Crippen LogP contribution in [-0.2, 0) is 0 Å². The zero-order valence-corrected chi connectivity index (χ0v) is 13.1. The van der Waals surface area contributed by atoms with E-state index in [1.807, 2.05) is 31.1 Å². The van der Waals surface area contributed by atoms with Gasteiger partial charge in [-0.3, -0.25) is 4.79 Å². The van der Waals surface area contributed by atoms with Crippen molar-refractivity contribution >= 4 is 17.3 Å². The Morgan fingerprint density at radius 3 is 2.62 bits per heavy atom. The summed E-state index contributed by atoms with van der Waals surface area (Å²) in [6.45, 7) is 3.92. The molecule has 0 aromatic heterocycles. The van der Waals surface area contributed by atoms with Crippen LogP contribution in [0, 0.1) is 0 Å². The Balaban J connectivity index is 1.84. The van der Waals surface area contributed by atoms with Gasteiger partial charge in [0.25, 0.3) is 5.91 Å². The molecule has 21 heavy (non-hydrogen) atoms. The predicted octanol–water partition coefficient (Wildman–Crippen LogP) is 1.55. The maximum Gasteiger partial charge on any atom is 0.251 e.